The van der Waals surface area contributed by atoms with E-state index in [1.807, 2.05) is 37.3 Å². The summed E-state index contributed by atoms with van der Waals surface area (Å²) in [5.74, 6) is 1.51. The molecule has 4 aromatic rings. The zero-order chi connectivity index (χ0) is 20.5. The largest absolute Gasteiger partial charge is 0.486 e. The van der Waals surface area contributed by atoms with Gasteiger partial charge in [0.2, 0.25) is 5.88 Å². The van der Waals surface area contributed by atoms with Crippen LogP contribution >= 0.6 is 0 Å². The zero-order valence-corrected chi connectivity index (χ0v) is 16.0. The molecular weight excluding hydrogens is 386 g/mol. The number of hydrogen-bond donors (Lipinski definition) is 1. The topological polar surface area (TPSA) is 99.6 Å². The lowest BCUT2D eigenvalue weighted by Gasteiger charge is -2.18. The maximum atomic E-state index is 12.5. The highest BCUT2D eigenvalue weighted by Crippen LogP contribution is 2.34. The van der Waals surface area contributed by atoms with Crippen LogP contribution in [0.4, 0.5) is 5.88 Å². The fraction of sp³-hybridized carbons (Fsp3) is 0.136. The molecule has 2 aromatic carbocycles. The van der Waals surface area contributed by atoms with Gasteiger partial charge >= 0.3 is 0 Å². The zero-order valence-electron chi connectivity index (χ0n) is 16.0. The van der Waals surface area contributed by atoms with E-state index >= 15 is 0 Å². The summed E-state index contributed by atoms with van der Waals surface area (Å²) in [5.41, 5.74) is 3.52. The van der Waals surface area contributed by atoms with Crippen molar-refractivity contribution in [3.63, 3.8) is 0 Å². The molecular formula is C22H17N3O5. The van der Waals surface area contributed by atoms with Crippen LogP contribution in [-0.4, -0.2) is 29.4 Å². The van der Waals surface area contributed by atoms with Crippen LogP contribution in [0.5, 0.6) is 11.5 Å². The van der Waals surface area contributed by atoms with Gasteiger partial charge in [-0.25, -0.2) is 0 Å². The van der Waals surface area contributed by atoms with Gasteiger partial charge in [0.25, 0.3) is 5.91 Å². The fourth-order valence-corrected chi connectivity index (χ4v) is 3.09. The molecule has 0 spiro atoms. The molecule has 0 fully saturated rings. The number of aromatic nitrogens is 2. The molecule has 0 aliphatic carbocycles. The van der Waals surface area contributed by atoms with Crippen molar-refractivity contribution in [2.75, 3.05) is 18.5 Å². The molecule has 1 aliphatic rings. The third-order valence-electron chi connectivity index (χ3n) is 4.66. The molecule has 5 rings (SSSR count). The number of carbonyl (C=O) groups excluding carboxylic acids is 1. The number of nitrogens with one attached hydrogen (secondary N) is 1. The summed E-state index contributed by atoms with van der Waals surface area (Å²) in [6.45, 7) is 3.02. The van der Waals surface area contributed by atoms with Gasteiger partial charge in [0.15, 0.2) is 23.0 Å². The lowest BCUT2D eigenvalue weighted by atomic mass is 10.1. The summed E-state index contributed by atoms with van der Waals surface area (Å²) in [5, 5.41) is 10.5. The Bertz CT molecular complexity index is 1210. The monoisotopic (exact) mass is 403 g/mol. The summed E-state index contributed by atoms with van der Waals surface area (Å²) >= 11 is 0. The molecule has 0 radical (unpaired) electrons. The molecule has 0 bridgehead atoms. The second kappa shape index (κ2) is 7.40. The smallest absolute Gasteiger partial charge is 0.280 e. The Morgan fingerprint density at radius 2 is 1.63 bits per heavy atom. The maximum absolute atomic E-state index is 12.5. The minimum atomic E-state index is -0.464. The van der Waals surface area contributed by atoms with Crippen LogP contribution in [0.2, 0.25) is 0 Å². The first-order valence-corrected chi connectivity index (χ1v) is 9.37. The molecule has 2 aromatic heterocycles. The van der Waals surface area contributed by atoms with Crippen LogP contribution in [0.3, 0.4) is 0 Å². The van der Waals surface area contributed by atoms with Crippen molar-refractivity contribution in [1.82, 2.24) is 10.3 Å². The van der Waals surface area contributed by atoms with Crippen LogP contribution in [0.15, 0.2) is 63.6 Å². The van der Waals surface area contributed by atoms with E-state index in [1.165, 1.54) is 0 Å². The predicted molar refractivity (Wildman–Crippen MR) is 108 cm³/mol. The summed E-state index contributed by atoms with van der Waals surface area (Å²) in [4.78, 5) is 12.5. The summed E-state index contributed by atoms with van der Waals surface area (Å²) in [6.07, 6.45) is 0. The summed E-state index contributed by atoms with van der Waals surface area (Å²) < 4.78 is 21.6. The lowest BCUT2D eigenvalue weighted by molar-refractivity contribution is 0.101. The second-order valence-corrected chi connectivity index (χ2v) is 6.83. The number of aryl methyl sites for hydroxylation is 1. The van der Waals surface area contributed by atoms with Crippen molar-refractivity contribution in [3.05, 3.63) is 65.9 Å². The number of benzene rings is 2. The standard InChI is InChI=1S/C22H17N3O5/c1-13-2-4-14(5-3-13)16-12-21(30-24-16)23-22(26)17-11-19(29-25-17)15-6-7-18-20(10-15)28-9-8-27-18/h2-7,10-12H,8-9H2,1H3,(H,23,26). The van der Waals surface area contributed by atoms with Gasteiger partial charge in [0.1, 0.15) is 18.9 Å². The molecule has 8 nitrogen and oxygen atoms in total. The normalized spacial score (nSPS) is 12.6. The fourth-order valence-electron chi connectivity index (χ4n) is 3.09. The predicted octanol–water partition coefficient (Wildman–Crippen LogP) is 4.33. The molecule has 8 heteroatoms. The number of nitrogens with zero attached hydrogens (tertiary/aromatic N) is 2. The molecule has 1 amide bonds. The van der Waals surface area contributed by atoms with Crippen molar-refractivity contribution in [2.24, 2.45) is 0 Å². The van der Waals surface area contributed by atoms with Crippen molar-refractivity contribution in [3.8, 4) is 34.1 Å². The van der Waals surface area contributed by atoms with E-state index in [0.717, 1.165) is 16.7 Å². The molecule has 1 N–H and O–H groups in total. The number of hydrogen-bond acceptors (Lipinski definition) is 7. The molecule has 3 heterocycles. The van der Waals surface area contributed by atoms with Gasteiger partial charge in [-0.1, -0.05) is 40.1 Å². The first-order valence-electron chi connectivity index (χ1n) is 9.37. The Morgan fingerprint density at radius 3 is 2.47 bits per heavy atom. The second-order valence-electron chi connectivity index (χ2n) is 6.83. The minimum Gasteiger partial charge on any atom is -0.486 e. The maximum Gasteiger partial charge on any atom is 0.280 e. The van der Waals surface area contributed by atoms with Crippen LogP contribution in [0, 0.1) is 6.92 Å². The third kappa shape index (κ3) is 3.50. The van der Waals surface area contributed by atoms with E-state index in [1.54, 1.807) is 24.3 Å². The molecule has 1 aliphatic heterocycles. The highest BCUT2D eigenvalue weighted by molar-refractivity contribution is 6.02. The van der Waals surface area contributed by atoms with E-state index in [4.69, 9.17) is 18.5 Å². The van der Waals surface area contributed by atoms with Crippen molar-refractivity contribution < 1.29 is 23.3 Å². The molecule has 0 atom stereocenters. The number of fused-ring (bicyclic) bond motifs is 1. The number of amides is 1. The number of rotatable bonds is 4. The van der Waals surface area contributed by atoms with E-state index < -0.39 is 5.91 Å². The number of carbonyl (C=O) groups is 1. The van der Waals surface area contributed by atoms with Crippen LogP contribution in [0.1, 0.15) is 16.1 Å². The third-order valence-corrected chi connectivity index (χ3v) is 4.66. The summed E-state index contributed by atoms with van der Waals surface area (Å²) in [7, 11) is 0. The highest BCUT2D eigenvalue weighted by atomic mass is 16.6. The van der Waals surface area contributed by atoms with Crippen molar-refractivity contribution in [1.29, 1.82) is 0 Å². The van der Waals surface area contributed by atoms with Gasteiger partial charge in [-0.05, 0) is 25.1 Å². The van der Waals surface area contributed by atoms with Crippen molar-refractivity contribution >= 4 is 11.8 Å². The Morgan fingerprint density at radius 1 is 0.867 bits per heavy atom. The van der Waals surface area contributed by atoms with Gasteiger partial charge < -0.3 is 18.5 Å². The van der Waals surface area contributed by atoms with Crippen LogP contribution < -0.4 is 14.8 Å². The van der Waals surface area contributed by atoms with Gasteiger partial charge in [-0.15, -0.1) is 0 Å². The number of ether oxygens (including phenoxy) is 2. The lowest BCUT2D eigenvalue weighted by Crippen LogP contribution is -2.15. The van der Waals surface area contributed by atoms with E-state index in [-0.39, 0.29) is 11.6 Å². The Kier molecular flexibility index (Phi) is 4.44. The average molecular weight is 403 g/mol. The Balaban J connectivity index is 1.31. The molecule has 0 unspecified atom stereocenters. The van der Waals surface area contributed by atoms with Gasteiger partial charge in [-0.2, -0.15) is 0 Å². The minimum absolute atomic E-state index is 0.119. The molecule has 150 valence electrons. The van der Waals surface area contributed by atoms with Crippen LogP contribution in [-0.2, 0) is 0 Å². The van der Waals surface area contributed by atoms with E-state index in [9.17, 15) is 4.79 Å². The van der Waals surface area contributed by atoms with Crippen molar-refractivity contribution in [2.45, 2.75) is 6.92 Å². The summed E-state index contributed by atoms with van der Waals surface area (Å²) in [6, 6.07) is 16.5. The molecule has 30 heavy (non-hydrogen) atoms. The molecule has 0 saturated heterocycles. The SMILES string of the molecule is Cc1ccc(-c2cc(NC(=O)c3cc(-c4ccc5c(c4)OCCO5)on3)on2)cc1. The van der Waals surface area contributed by atoms with Gasteiger partial charge in [-0.3, -0.25) is 10.1 Å². The highest BCUT2D eigenvalue weighted by Gasteiger charge is 2.18. The first kappa shape index (κ1) is 18.0. The number of anilines is 1. The quantitative estimate of drug-likeness (QED) is 0.541. The van der Waals surface area contributed by atoms with Gasteiger partial charge in [0, 0.05) is 23.3 Å². The Labute approximate surface area is 171 Å². The van der Waals surface area contributed by atoms with Gasteiger partial charge in [0.05, 0.1) is 0 Å². The first-order chi connectivity index (χ1) is 14.7. The Hall–Kier alpha value is -4.07. The molecule has 0 saturated carbocycles. The van der Waals surface area contributed by atoms with E-state index in [0.29, 0.717) is 36.2 Å². The van der Waals surface area contributed by atoms with Crippen LogP contribution in [0.25, 0.3) is 22.6 Å². The van der Waals surface area contributed by atoms with E-state index in [2.05, 4.69) is 15.6 Å². The average Bonchev–Trinajstić information content (AvgIpc) is 3.44.